The first-order valence-electron chi connectivity index (χ1n) is 8.31. The molecule has 142 valence electrons. The monoisotopic (exact) mass is 389 g/mol. The second kappa shape index (κ2) is 9.19. The largest absolute Gasteiger partial charge is 0.479 e. The summed E-state index contributed by atoms with van der Waals surface area (Å²) in [7, 11) is 0. The molecule has 2 atom stereocenters. The van der Waals surface area contributed by atoms with Crippen LogP contribution in [-0.2, 0) is 14.3 Å². The summed E-state index contributed by atoms with van der Waals surface area (Å²) in [5.41, 5.74) is 1.04. The summed E-state index contributed by atoms with van der Waals surface area (Å²) in [6.07, 6.45) is -1.91. The number of carbonyl (C=O) groups excluding carboxylic acids is 3. The first kappa shape index (κ1) is 20.5. The topological polar surface area (TPSA) is 81.7 Å². The Kier molecular flexibility index (Phi) is 6.96. The van der Waals surface area contributed by atoms with Crippen molar-refractivity contribution in [2.24, 2.45) is 0 Å². The van der Waals surface area contributed by atoms with Gasteiger partial charge in [-0.1, -0.05) is 11.6 Å². The Hall–Kier alpha value is -2.86. The molecule has 0 aliphatic heterocycles. The molecule has 0 radical (unpaired) electrons. The van der Waals surface area contributed by atoms with Crippen LogP contribution in [0.1, 0.15) is 31.1 Å². The van der Waals surface area contributed by atoms with Gasteiger partial charge in [-0.3, -0.25) is 9.59 Å². The Balaban J connectivity index is 1.87. The lowest BCUT2D eigenvalue weighted by atomic mass is 10.1. The summed E-state index contributed by atoms with van der Waals surface area (Å²) in [5.74, 6) is -0.756. The van der Waals surface area contributed by atoms with Gasteiger partial charge in [0, 0.05) is 16.3 Å². The molecule has 2 aromatic carbocycles. The number of carbonyl (C=O) groups is 3. The van der Waals surface area contributed by atoms with Crippen LogP contribution in [0.5, 0.6) is 5.75 Å². The molecule has 6 nitrogen and oxygen atoms in total. The maximum absolute atomic E-state index is 12.2. The molecule has 0 aliphatic carbocycles. The van der Waals surface area contributed by atoms with Gasteiger partial charge in [-0.2, -0.15) is 0 Å². The van der Waals surface area contributed by atoms with E-state index in [2.05, 4.69) is 5.32 Å². The van der Waals surface area contributed by atoms with Crippen LogP contribution in [0.3, 0.4) is 0 Å². The van der Waals surface area contributed by atoms with Gasteiger partial charge in [0.15, 0.2) is 18.0 Å². The molecule has 2 rings (SSSR count). The molecular weight excluding hydrogens is 370 g/mol. The number of nitrogens with one attached hydrogen (secondary N) is 1. The molecule has 0 fully saturated rings. The van der Waals surface area contributed by atoms with E-state index in [1.165, 1.54) is 20.8 Å². The number of anilines is 1. The van der Waals surface area contributed by atoms with Crippen molar-refractivity contribution in [2.45, 2.75) is 33.0 Å². The lowest BCUT2D eigenvalue weighted by molar-refractivity contribution is -0.159. The van der Waals surface area contributed by atoms with Crippen molar-refractivity contribution >= 4 is 34.9 Å². The van der Waals surface area contributed by atoms with Crippen LogP contribution in [0.2, 0.25) is 5.02 Å². The summed E-state index contributed by atoms with van der Waals surface area (Å²) in [4.78, 5) is 35.5. The van der Waals surface area contributed by atoms with Crippen molar-refractivity contribution < 1.29 is 23.9 Å². The summed E-state index contributed by atoms with van der Waals surface area (Å²) < 4.78 is 10.6. The second-order valence-electron chi connectivity index (χ2n) is 5.92. The van der Waals surface area contributed by atoms with Crippen LogP contribution in [0.15, 0.2) is 48.5 Å². The number of halogens is 1. The van der Waals surface area contributed by atoms with Gasteiger partial charge in [0.05, 0.1) is 0 Å². The van der Waals surface area contributed by atoms with Crippen LogP contribution in [0, 0.1) is 0 Å². The quantitative estimate of drug-likeness (QED) is 0.574. The normalized spacial score (nSPS) is 12.6. The van der Waals surface area contributed by atoms with Crippen molar-refractivity contribution in [1.29, 1.82) is 0 Å². The summed E-state index contributed by atoms with van der Waals surface area (Å²) in [6, 6.07) is 13.0. The van der Waals surface area contributed by atoms with Crippen molar-refractivity contribution in [3.8, 4) is 5.75 Å². The number of rotatable bonds is 7. The van der Waals surface area contributed by atoms with Gasteiger partial charge in [-0.05, 0) is 69.3 Å². The van der Waals surface area contributed by atoms with E-state index >= 15 is 0 Å². The summed E-state index contributed by atoms with van der Waals surface area (Å²) in [5, 5.41) is 3.18. The third-order valence-electron chi connectivity index (χ3n) is 3.68. The Morgan fingerprint density at radius 3 is 2.07 bits per heavy atom. The van der Waals surface area contributed by atoms with E-state index < -0.39 is 24.1 Å². The van der Waals surface area contributed by atoms with E-state index in [1.807, 2.05) is 0 Å². The van der Waals surface area contributed by atoms with E-state index in [9.17, 15) is 14.4 Å². The summed E-state index contributed by atoms with van der Waals surface area (Å²) >= 11 is 5.80. The highest BCUT2D eigenvalue weighted by atomic mass is 35.5. The first-order chi connectivity index (χ1) is 12.8. The third kappa shape index (κ3) is 6.11. The van der Waals surface area contributed by atoms with Crippen LogP contribution >= 0.6 is 11.6 Å². The molecule has 27 heavy (non-hydrogen) atoms. The van der Waals surface area contributed by atoms with Crippen LogP contribution in [-0.4, -0.2) is 29.9 Å². The fourth-order valence-corrected chi connectivity index (χ4v) is 2.25. The third-order valence-corrected chi connectivity index (χ3v) is 3.93. The smallest absolute Gasteiger partial charge is 0.347 e. The number of esters is 1. The Morgan fingerprint density at radius 1 is 0.926 bits per heavy atom. The fraction of sp³-hybridized carbons (Fsp3) is 0.250. The van der Waals surface area contributed by atoms with Gasteiger partial charge in [0.1, 0.15) is 5.75 Å². The minimum Gasteiger partial charge on any atom is -0.479 e. The maximum atomic E-state index is 12.2. The van der Waals surface area contributed by atoms with E-state index in [-0.39, 0.29) is 5.78 Å². The van der Waals surface area contributed by atoms with Gasteiger partial charge in [0.2, 0.25) is 0 Å². The molecule has 7 heteroatoms. The predicted octanol–water partition coefficient (Wildman–Crippen LogP) is 3.88. The molecule has 1 amide bonds. The molecule has 0 saturated heterocycles. The van der Waals surface area contributed by atoms with Crippen molar-refractivity contribution in [3.05, 3.63) is 59.1 Å². The second-order valence-corrected chi connectivity index (χ2v) is 6.35. The number of hydrogen-bond acceptors (Lipinski definition) is 5. The average molecular weight is 390 g/mol. The molecule has 2 aromatic rings. The first-order valence-corrected chi connectivity index (χ1v) is 8.68. The molecular formula is C20H20ClNO5. The molecule has 0 bridgehead atoms. The van der Waals surface area contributed by atoms with E-state index in [0.29, 0.717) is 22.0 Å². The zero-order valence-corrected chi connectivity index (χ0v) is 15.9. The number of ether oxygens (including phenoxy) is 2. The van der Waals surface area contributed by atoms with Gasteiger partial charge in [-0.15, -0.1) is 0 Å². The van der Waals surface area contributed by atoms with Crippen LogP contribution < -0.4 is 10.1 Å². The lowest BCUT2D eigenvalue weighted by Crippen LogP contribution is -2.35. The summed E-state index contributed by atoms with van der Waals surface area (Å²) in [6.45, 7) is 4.45. The van der Waals surface area contributed by atoms with Crippen molar-refractivity contribution in [3.63, 3.8) is 0 Å². The zero-order chi connectivity index (χ0) is 20.0. The van der Waals surface area contributed by atoms with E-state index in [4.69, 9.17) is 21.1 Å². The number of amides is 1. The fourth-order valence-electron chi connectivity index (χ4n) is 2.12. The number of Topliss-reactive ketones (excluding diaryl/α,β-unsaturated/α-hetero) is 1. The van der Waals surface area contributed by atoms with Gasteiger partial charge in [0.25, 0.3) is 5.91 Å². The van der Waals surface area contributed by atoms with Crippen molar-refractivity contribution in [2.75, 3.05) is 5.32 Å². The Labute approximate surface area is 162 Å². The highest BCUT2D eigenvalue weighted by Crippen LogP contribution is 2.17. The molecule has 0 aromatic heterocycles. The van der Waals surface area contributed by atoms with Gasteiger partial charge in [-0.25, -0.2) is 4.79 Å². The number of hydrogen-bond donors (Lipinski definition) is 1. The van der Waals surface area contributed by atoms with E-state index in [0.717, 1.165) is 0 Å². The molecule has 0 saturated carbocycles. The van der Waals surface area contributed by atoms with Crippen LogP contribution in [0.25, 0.3) is 0 Å². The molecule has 0 heterocycles. The van der Waals surface area contributed by atoms with E-state index in [1.54, 1.807) is 48.5 Å². The number of benzene rings is 2. The Bertz CT molecular complexity index is 817. The SMILES string of the molecule is CC(=O)c1ccc(NC(=O)[C@H](C)OC(=O)[C@@H](C)Oc2ccc(Cl)cc2)cc1. The maximum Gasteiger partial charge on any atom is 0.347 e. The van der Waals surface area contributed by atoms with Crippen LogP contribution in [0.4, 0.5) is 5.69 Å². The van der Waals surface area contributed by atoms with Gasteiger partial charge >= 0.3 is 5.97 Å². The molecule has 0 spiro atoms. The predicted molar refractivity (Wildman–Crippen MR) is 102 cm³/mol. The lowest BCUT2D eigenvalue weighted by Gasteiger charge is -2.18. The molecule has 0 unspecified atom stereocenters. The highest BCUT2D eigenvalue weighted by Gasteiger charge is 2.23. The van der Waals surface area contributed by atoms with Crippen molar-refractivity contribution in [1.82, 2.24) is 0 Å². The highest BCUT2D eigenvalue weighted by molar-refractivity contribution is 6.30. The average Bonchev–Trinajstić information content (AvgIpc) is 2.63. The minimum absolute atomic E-state index is 0.0650. The molecule has 1 N–H and O–H groups in total. The number of ketones is 1. The zero-order valence-electron chi connectivity index (χ0n) is 15.2. The standard InChI is InChI=1S/C20H20ClNO5/c1-12(23)15-4-8-17(9-5-15)22-19(24)13(2)27-20(25)14(3)26-18-10-6-16(21)7-11-18/h4-11,13-14H,1-3H3,(H,22,24)/t13-,14+/m0/s1. The molecule has 0 aliphatic rings. The minimum atomic E-state index is -1.01. The Morgan fingerprint density at radius 2 is 1.52 bits per heavy atom. The van der Waals surface area contributed by atoms with Gasteiger partial charge < -0.3 is 14.8 Å².